The first-order chi connectivity index (χ1) is 13.4. The topological polar surface area (TPSA) is 77.4 Å². The molecular weight excluding hydrogens is 380 g/mol. The second-order valence-corrected chi connectivity index (χ2v) is 8.25. The zero-order valence-corrected chi connectivity index (χ0v) is 17.2. The highest BCUT2D eigenvalue weighted by atomic mass is 32.2. The second-order valence-electron chi connectivity index (χ2n) is 6.41. The van der Waals surface area contributed by atoms with Gasteiger partial charge in [0.2, 0.25) is 10.0 Å². The van der Waals surface area contributed by atoms with Crippen molar-refractivity contribution in [3.63, 3.8) is 0 Å². The maximum absolute atomic E-state index is 12.4. The van der Waals surface area contributed by atoms with E-state index in [1.807, 2.05) is 43.3 Å². The minimum atomic E-state index is -3.55. The summed E-state index contributed by atoms with van der Waals surface area (Å²) in [7, 11) is -0.416. The molecule has 8 heteroatoms. The highest BCUT2D eigenvalue weighted by Crippen LogP contribution is 2.37. The molecule has 1 heterocycles. The fourth-order valence-corrected chi connectivity index (χ4v) is 4.07. The third-order valence-corrected chi connectivity index (χ3v) is 5.47. The van der Waals surface area contributed by atoms with Crippen molar-refractivity contribution in [2.24, 2.45) is 5.10 Å². The molecule has 0 fully saturated rings. The van der Waals surface area contributed by atoms with Gasteiger partial charge in [-0.05, 0) is 36.8 Å². The van der Waals surface area contributed by atoms with Gasteiger partial charge in [0, 0.05) is 18.1 Å². The van der Waals surface area contributed by atoms with Gasteiger partial charge >= 0.3 is 0 Å². The summed E-state index contributed by atoms with van der Waals surface area (Å²) >= 11 is 0. The van der Waals surface area contributed by atoms with E-state index in [2.05, 4.69) is 5.10 Å². The molecule has 0 aliphatic carbocycles. The van der Waals surface area contributed by atoms with Crippen LogP contribution in [0.5, 0.6) is 17.2 Å². The molecule has 0 saturated heterocycles. The second kappa shape index (κ2) is 8.10. The van der Waals surface area contributed by atoms with Crippen molar-refractivity contribution >= 4 is 15.7 Å². The van der Waals surface area contributed by atoms with Crippen LogP contribution in [0.15, 0.2) is 47.6 Å². The average Bonchev–Trinajstić information content (AvgIpc) is 3.14. The van der Waals surface area contributed by atoms with Crippen molar-refractivity contribution in [2.75, 3.05) is 27.1 Å². The number of hydrogen-bond donors (Lipinski definition) is 0. The zero-order chi connectivity index (χ0) is 20.3. The van der Waals surface area contributed by atoms with Crippen LogP contribution < -0.4 is 14.2 Å². The predicted molar refractivity (Wildman–Crippen MR) is 108 cm³/mol. The van der Waals surface area contributed by atoms with Crippen LogP contribution in [-0.4, -0.2) is 45.6 Å². The van der Waals surface area contributed by atoms with E-state index < -0.39 is 16.1 Å². The van der Waals surface area contributed by atoms with Crippen LogP contribution >= 0.6 is 0 Å². The van der Waals surface area contributed by atoms with Crippen LogP contribution in [0.25, 0.3) is 0 Å². The Bertz CT molecular complexity index is 966. The molecule has 150 valence electrons. The number of methoxy groups -OCH3 is 2. The summed E-state index contributed by atoms with van der Waals surface area (Å²) in [6, 6.07) is 12.4. The van der Waals surface area contributed by atoms with E-state index in [0.29, 0.717) is 36.0 Å². The van der Waals surface area contributed by atoms with Crippen molar-refractivity contribution < 1.29 is 22.6 Å². The fraction of sp³-hybridized carbons (Fsp3) is 0.350. The minimum Gasteiger partial charge on any atom is -0.497 e. The lowest BCUT2D eigenvalue weighted by atomic mass is 9.98. The Morgan fingerprint density at radius 1 is 1.07 bits per heavy atom. The lowest BCUT2D eigenvalue weighted by molar-refractivity contribution is 0.336. The molecule has 0 unspecified atom stereocenters. The van der Waals surface area contributed by atoms with Crippen molar-refractivity contribution in [3.05, 3.63) is 53.6 Å². The monoisotopic (exact) mass is 404 g/mol. The van der Waals surface area contributed by atoms with Crippen LogP contribution in [-0.2, 0) is 10.0 Å². The van der Waals surface area contributed by atoms with Crippen molar-refractivity contribution in [3.8, 4) is 17.2 Å². The van der Waals surface area contributed by atoms with E-state index in [0.717, 1.165) is 17.4 Å². The number of ether oxygens (including phenoxy) is 3. The molecule has 2 aromatic carbocycles. The van der Waals surface area contributed by atoms with E-state index in [-0.39, 0.29) is 0 Å². The predicted octanol–water partition coefficient (Wildman–Crippen LogP) is 3.21. The third-order valence-electron chi connectivity index (χ3n) is 4.45. The summed E-state index contributed by atoms with van der Waals surface area (Å²) in [4.78, 5) is 0. The zero-order valence-electron chi connectivity index (χ0n) is 16.4. The Morgan fingerprint density at radius 3 is 2.32 bits per heavy atom. The summed E-state index contributed by atoms with van der Waals surface area (Å²) in [5, 5.41) is 4.42. The molecule has 3 rings (SSSR count). The van der Waals surface area contributed by atoms with E-state index in [4.69, 9.17) is 14.2 Å². The lowest BCUT2D eigenvalue weighted by Crippen LogP contribution is -2.25. The minimum absolute atomic E-state index is 0.430. The van der Waals surface area contributed by atoms with Crippen LogP contribution in [0.2, 0.25) is 0 Å². The van der Waals surface area contributed by atoms with Gasteiger partial charge in [-0.25, -0.2) is 8.42 Å². The number of hydrazone groups is 1. The highest BCUT2D eigenvalue weighted by molar-refractivity contribution is 7.88. The molecule has 0 amide bonds. The van der Waals surface area contributed by atoms with Crippen LogP contribution in [0, 0.1) is 0 Å². The fourth-order valence-electron chi connectivity index (χ4n) is 3.17. The van der Waals surface area contributed by atoms with Gasteiger partial charge in [0.1, 0.15) is 17.2 Å². The number of rotatable bonds is 7. The number of benzene rings is 2. The van der Waals surface area contributed by atoms with Gasteiger partial charge in [0.05, 0.1) is 38.8 Å². The first-order valence-corrected chi connectivity index (χ1v) is 10.7. The molecule has 0 saturated carbocycles. The smallest absolute Gasteiger partial charge is 0.247 e. The van der Waals surface area contributed by atoms with Gasteiger partial charge in [-0.15, -0.1) is 0 Å². The van der Waals surface area contributed by atoms with Gasteiger partial charge < -0.3 is 14.2 Å². The van der Waals surface area contributed by atoms with Crippen LogP contribution in [0.4, 0.5) is 0 Å². The summed E-state index contributed by atoms with van der Waals surface area (Å²) in [5.41, 5.74) is 2.23. The molecule has 0 N–H and O–H groups in total. The van der Waals surface area contributed by atoms with Crippen molar-refractivity contribution in [2.45, 2.75) is 19.4 Å². The molecule has 1 aliphatic rings. The van der Waals surface area contributed by atoms with Crippen molar-refractivity contribution in [1.82, 2.24) is 4.41 Å². The Morgan fingerprint density at radius 2 is 1.75 bits per heavy atom. The summed E-state index contributed by atoms with van der Waals surface area (Å²) in [5.74, 6) is 1.93. The SMILES string of the molecule is CCOc1cccc([C@H]2CC(c3cc(OC)cc(OC)c3)=NN2S(C)(=O)=O)c1. The molecule has 7 nitrogen and oxygen atoms in total. The first kappa shape index (κ1) is 20.0. The number of nitrogens with zero attached hydrogens (tertiary/aromatic N) is 2. The van der Waals surface area contributed by atoms with Gasteiger partial charge in [0.25, 0.3) is 0 Å². The standard InChI is InChI=1S/C20H24N2O5S/c1-5-27-16-8-6-7-14(9-16)20-13-19(21-22(20)28(4,23)24)15-10-17(25-2)12-18(11-15)26-3/h6-12,20H,5,13H2,1-4H3/t20-/m1/s1. The van der Waals surface area contributed by atoms with Gasteiger partial charge in [0.15, 0.2) is 0 Å². The molecule has 2 aromatic rings. The molecular formula is C20H24N2O5S. The molecule has 0 bridgehead atoms. The maximum Gasteiger partial charge on any atom is 0.247 e. The summed E-state index contributed by atoms with van der Waals surface area (Å²) in [6.07, 6.45) is 1.59. The maximum atomic E-state index is 12.4. The number of hydrogen-bond acceptors (Lipinski definition) is 6. The molecule has 1 aliphatic heterocycles. The summed E-state index contributed by atoms with van der Waals surface area (Å²) in [6.45, 7) is 2.44. The van der Waals surface area contributed by atoms with Gasteiger partial charge in [-0.2, -0.15) is 9.52 Å². The quantitative estimate of drug-likeness (QED) is 0.708. The van der Waals surface area contributed by atoms with Crippen LogP contribution in [0.1, 0.15) is 30.5 Å². The largest absolute Gasteiger partial charge is 0.497 e. The number of sulfonamides is 1. The van der Waals surface area contributed by atoms with Crippen LogP contribution in [0.3, 0.4) is 0 Å². The van der Waals surface area contributed by atoms with E-state index in [1.165, 1.54) is 4.41 Å². The Labute approximate surface area is 165 Å². The Hall–Kier alpha value is -2.74. The molecule has 0 radical (unpaired) electrons. The van der Waals surface area contributed by atoms with E-state index in [1.54, 1.807) is 20.3 Å². The average molecular weight is 404 g/mol. The molecule has 28 heavy (non-hydrogen) atoms. The van der Waals surface area contributed by atoms with Gasteiger partial charge in [-0.1, -0.05) is 12.1 Å². The summed E-state index contributed by atoms with van der Waals surface area (Å²) < 4.78 is 42.1. The molecule has 0 spiro atoms. The Kier molecular flexibility index (Phi) is 5.79. The molecule has 0 aromatic heterocycles. The normalized spacial score (nSPS) is 16.6. The highest BCUT2D eigenvalue weighted by Gasteiger charge is 2.35. The lowest BCUT2D eigenvalue weighted by Gasteiger charge is -2.21. The molecule has 1 atom stereocenters. The van der Waals surface area contributed by atoms with E-state index >= 15 is 0 Å². The third kappa shape index (κ3) is 4.22. The first-order valence-electron chi connectivity index (χ1n) is 8.88. The van der Waals surface area contributed by atoms with Crippen molar-refractivity contribution in [1.29, 1.82) is 0 Å². The van der Waals surface area contributed by atoms with E-state index in [9.17, 15) is 8.42 Å². The van der Waals surface area contributed by atoms with Gasteiger partial charge in [-0.3, -0.25) is 0 Å². The Balaban J connectivity index is 2.01.